The van der Waals surface area contributed by atoms with Gasteiger partial charge in [0.15, 0.2) is 0 Å². The molecule has 4 heteroatoms. The molecule has 0 aliphatic heterocycles. The van der Waals surface area contributed by atoms with E-state index in [-0.39, 0.29) is 0 Å². The molecule has 0 aromatic carbocycles. The average molecular weight is 313 g/mol. The van der Waals surface area contributed by atoms with Crippen molar-refractivity contribution < 1.29 is 8.42 Å². The van der Waals surface area contributed by atoms with Gasteiger partial charge in [-0.1, -0.05) is 55.0 Å². The third-order valence-corrected chi connectivity index (χ3v) is 5.11. The van der Waals surface area contributed by atoms with Crippen molar-refractivity contribution in [3.8, 4) is 0 Å². The Morgan fingerprint density at radius 2 is 1.31 bits per heavy atom. The van der Waals surface area contributed by atoms with E-state index in [1.54, 1.807) is 0 Å². The maximum Gasteiger partial charge on any atom is 0.150 e. The summed E-state index contributed by atoms with van der Waals surface area (Å²) in [6, 6.07) is 0. The summed E-state index contributed by atoms with van der Waals surface area (Å²) < 4.78 is 22.8. The van der Waals surface area contributed by atoms with Gasteiger partial charge in [0.2, 0.25) is 0 Å². The van der Waals surface area contributed by atoms with Gasteiger partial charge in [-0.3, -0.25) is 0 Å². The zero-order valence-corrected chi connectivity index (χ0v) is 12.8. The SMILES string of the molecule is CCCS(=O)(=O)CCCCCCCCCBr. The minimum absolute atomic E-state index is 0.359. The standard InChI is InChI=1S/C12H25BrO2S/c1-2-11-16(14,15)12-9-7-5-3-4-6-8-10-13/h2-12H2,1H3. The Hall–Kier alpha value is 0.430. The molecule has 0 N–H and O–H groups in total. The van der Waals surface area contributed by atoms with Crippen molar-refractivity contribution in [3.05, 3.63) is 0 Å². The highest BCUT2D eigenvalue weighted by Crippen LogP contribution is 2.09. The van der Waals surface area contributed by atoms with E-state index in [1.165, 1.54) is 32.1 Å². The Balaban J connectivity index is 3.27. The van der Waals surface area contributed by atoms with Crippen LogP contribution in [0.3, 0.4) is 0 Å². The van der Waals surface area contributed by atoms with Gasteiger partial charge in [-0.25, -0.2) is 8.42 Å². The number of alkyl halides is 1. The molecule has 0 saturated carbocycles. The Kier molecular flexibility index (Phi) is 10.9. The maximum absolute atomic E-state index is 11.4. The van der Waals surface area contributed by atoms with E-state index in [0.29, 0.717) is 11.5 Å². The van der Waals surface area contributed by atoms with Crippen molar-refractivity contribution in [3.63, 3.8) is 0 Å². The predicted molar refractivity (Wildman–Crippen MR) is 75.1 cm³/mol. The molecule has 0 heterocycles. The molecule has 0 aliphatic rings. The summed E-state index contributed by atoms with van der Waals surface area (Å²) >= 11 is 3.41. The Bertz CT molecular complexity index is 237. The van der Waals surface area contributed by atoms with Gasteiger partial charge < -0.3 is 0 Å². The van der Waals surface area contributed by atoms with Crippen LogP contribution in [0, 0.1) is 0 Å². The topological polar surface area (TPSA) is 34.1 Å². The zero-order valence-electron chi connectivity index (χ0n) is 10.4. The Morgan fingerprint density at radius 3 is 1.81 bits per heavy atom. The lowest BCUT2D eigenvalue weighted by molar-refractivity contribution is 0.579. The fraction of sp³-hybridized carbons (Fsp3) is 1.00. The molecule has 98 valence electrons. The number of sulfone groups is 1. The van der Waals surface area contributed by atoms with Crippen LogP contribution >= 0.6 is 15.9 Å². The van der Waals surface area contributed by atoms with Crippen LogP contribution in [0.1, 0.15) is 58.3 Å². The fourth-order valence-corrected chi connectivity index (χ4v) is 3.58. The van der Waals surface area contributed by atoms with Crippen LogP contribution in [0.2, 0.25) is 0 Å². The average Bonchev–Trinajstić information content (AvgIpc) is 2.22. The Labute approximate surface area is 109 Å². The van der Waals surface area contributed by atoms with Crippen LogP contribution in [0.15, 0.2) is 0 Å². The van der Waals surface area contributed by atoms with Crippen molar-refractivity contribution in [2.24, 2.45) is 0 Å². The monoisotopic (exact) mass is 312 g/mol. The maximum atomic E-state index is 11.4. The van der Waals surface area contributed by atoms with Gasteiger partial charge in [-0.2, -0.15) is 0 Å². The molecule has 0 saturated heterocycles. The minimum atomic E-state index is -2.74. The van der Waals surface area contributed by atoms with E-state index < -0.39 is 9.84 Å². The van der Waals surface area contributed by atoms with E-state index in [2.05, 4.69) is 15.9 Å². The van der Waals surface area contributed by atoms with Gasteiger partial charge in [0.25, 0.3) is 0 Å². The van der Waals surface area contributed by atoms with Gasteiger partial charge in [0.05, 0.1) is 5.75 Å². The molecule has 0 atom stereocenters. The summed E-state index contributed by atoms with van der Waals surface area (Å²) in [5.74, 6) is 0.750. The first kappa shape index (κ1) is 16.4. The van der Waals surface area contributed by atoms with Crippen molar-refractivity contribution in [2.45, 2.75) is 58.3 Å². The van der Waals surface area contributed by atoms with E-state index in [0.717, 1.165) is 24.6 Å². The van der Waals surface area contributed by atoms with Gasteiger partial charge in [-0.15, -0.1) is 0 Å². The third kappa shape index (κ3) is 10.9. The normalized spacial score (nSPS) is 11.9. The lowest BCUT2D eigenvalue weighted by Crippen LogP contribution is -2.10. The number of hydrogen-bond donors (Lipinski definition) is 0. The molecule has 0 spiro atoms. The molecule has 0 radical (unpaired) electrons. The number of hydrogen-bond acceptors (Lipinski definition) is 2. The largest absolute Gasteiger partial charge is 0.229 e. The van der Waals surface area contributed by atoms with Crippen molar-refractivity contribution in [1.29, 1.82) is 0 Å². The number of unbranched alkanes of at least 4 members (excludes halogenated alkanes) is 6. The van der Waals surface area contributed by atoms with Crippen LogP contribution in [-0.4, -0.2) is 25.3 Å². The molecular formula is C12H25BrO2S. The van der Waals surface area contributed by atoms with E-state index in [1.807, 2.05) is 6.92 Å². The van der Waals surface area contributed by atoms with Gasteiger partial charge in [-0.05, 0) is 19.3 Å². The van der Waals surface area contributed by atoms with E-state index >= 15 is 0 Å². The van der Waals surface area contributed by atoms with Crippen LogP contribution < -0.4 is 0 Å². The van der Waals surface area contributed by atoms with Crippen LogP contribution in [0.4, 0.5) is 0 Å². The first-order chi connectivity index (χ1) is 7.62. The smallest absolute Gasteiger partial charge is 0.150 e. The predicted octanol–water partition coefficient (Wildman–Crippen LogP) is 3.94. The van der Waals surface area contributed by atoms with Crippen LogP contribution in [0.5, 0.6) is 0 Å². The molecule has 0 rings (SSSR count). The highest BCUT2D eigenvalue weighted by Gasteiger charge is 2.07. The second kappa shape index (κ2) is 10.6. The number of halogens is 1. The molecule has 0 amide bonds. The summed E-state index contributed by atoms with van der Waals surface area (Å²) in [6.45, 7) is 1.92. The minimum Gasteiger partial charge on any atom is -0.229 e. The molecule has 0 fully saturated rings. The molecule has 0 aromatic heterocycles. The first-order valence-corrected chi connectivity index (χ1v) is 9.33. The summed E-state index contributed by atoms with van der Waals surface area (Å²) in [7, 11) is -2.74. The highest BCUT2D eigenvalue weighted by molar-refractivity contribution is 9.09. The second-order valence-electron chi connectivity index (χ2n) is 4.32. The van der Waals surface area contributed by atoms with Crippen LogP contribution in [-0.2, 0) is 9.84 Å². The van der Waals surface area contributed by atoms with Crippen LogP contribution in [0.25, 0.3) is 0 Å². The lowest BCUT2D eigenvalue weighted by Gasteiger charge is -2.03. The molecule has 16 heavy (non-hydrogen) atoms. The molecule has 0 aromatic rings. The number of rotatable bonds is 11. The second-order valence-corrected chi connectivity index (χ2v) is 7.41. The summed E-state index contributed by atoms with van der Waals surface area (Å²) in [4.78, 5) is 0. The fourth-order valence-electron chi connectivity index (χ4n) is 1.71. The molecule has 0 bridgehead atoms. The Morgan fingerprint density at radius 1 is 0.812 bits per heavy atom. The molecule has 0 aliphatic carbocycles. The quantitative estimate of drug-likeness (QED) is 0.428. The van der Waals surface area contributed by atoms with Gasteiger partial charge in [0.1, 0.15) is 9.84 Å². The summed E-state index contributed by atoms with van der Waals surface area (Å²) in [5.41, 5.74) is 0. The highest BCUT2D eigenvalue weighted by atomic mass is 79.9. The third-order valence-electron chi connectivity index (χ3n) is 2.60. The zero-order chi connectivity index (χ0) is 12.3. The summed E-state index contributed by atoms with van der Waals surface area (Å²) in [6.07, 6.45) is 8.93. The van der Waals surface area contributed by atoms with Crippen molar-refractivity contribution in [2.75, 3.05) is 16.8 Å². The van der Waals surface area contributed by atoms with E-state index in [9.17, 15) is 8.42 Å². The first-order valence-electron chi connectivity index (χ1n) is 6.39. The van der Waals surface area contributed by atoms with Crippen molar-refractivity contribution in [1.82, 2.24) is 0 Å². The van der Waals surface area contributed by atoms with Gasteiger partial charge in [0, 0.05) is 11.1 Å². The van der Waals surface area contributed by atoms with Crippen molar-refractivity contribution >= 4 is 25.8 Å². The summed E-state index contributed by atoms with van der Waals surface area (Å²) in [5, 5.41) is 1.10. The van der Waals surface area contributed by atoms with Gasteiger partial charge >= 0.3 is 0 Å². The molecule has 0 unspecified atom stereocenters. The molecule has 2 nitrogen and oxygen atoms in total. The van der Waals surface area contributed by atoms with E-state index in [4.69, 9.17) is 0 Å². The molecular weight excluding hydrogens is 288 g/mol. The lowest BCUT2D eigenvalue weighted by atomic mass is 10.1.